The molecule has 1 amide bonds. The number of benzene rings is 3. The average Bonchev–Trinajstić information content (AvgIpc) is 2.81. The fraction of sp³-hybridized carbons (Fsp3) is 0.174. The van der Waals surface area contributed by atoms with Gasteiger partial charge in [0, 0.05) is 22.7 Å². The first-order valence-electron chi connectivity index (χ1n) is 10.1. The van der Waals surface area contributed by atoms with E-state index in [2.05, 4.69) is 5.32 Å². The molecule has 3 aromatic carbocycles. The first-order chi connectivity index (χ1) is 16.1. The molecule has 0 heterocycles. The van der Waals surface area contributed by atoms with Crippen LogP contribution in [0.3, 0.4) is 0 Å². The Labute approximate surface area is 202 Å². The summed E-state index contributed by atoms with van der Waals surface area (Å²) in [6.07, 6.45) is 1.03. The van der Waals surface area contributed by atoms with Gasteiger partial charge in [-0.25, -0.2) is 8.42 Å². The second-order valence-electron chi connectivity index (χ2n) is 7.30. The number of nitro benzene ring substituents is 1. The lowest BCUT2D eigenvalue weighted by Gasteiger charge is -2.22. The van der Waals surface area contributed by atoms with Crippen molar-refractivity contribution in [2.75, 3.05) is 23.7 Å². The van der Waals surface area contributed by atoms with Crippen LogP contribution in [0.1, 0.15) is 15.9 Å². The predicted octanol–water partition coefficient (Wildman–Crippen LogP) is 4.02. The molecule has 0 fully saturated rings. The molecule has 0 aliphatic carbocycles. The van der Waals surface area contributed by atoms with Crippen LogP contribution >= 0.6 is 11.6 Å². The van der Waals surface area contributed by atoms with Gasteiger partial charge in [-0.15, -0.1) is 0 Å². The Morgan fingerprint density at radius 2 is 1.76 bits per heavy atom. The van der Waals surface area contributed by atoms with Gasteiger partial charge in [-0.3, -0.25) is 19.2 Å². The number of carbonyl (C=O) groups excluding carboxylic acids is 1. The maximum Gasteiger partial charge on any atom is 0.271 e. The van der Waals surface area contributed by atoms with Crippen molar-refractivity contribution in [3.8, 4) is 5.75 Å². The van der Waals surface area contributed by atoms with Crippen LogP contribution in [0, 0.1) is 10.1 Å². The quantitative estimate of drug-likeness (QED) is 0.253. The van der Waals surface area contributed by atoms with E-state index >= 15 is 0 Å². The molecule has 0 atom stereocenters. The fourth-order valence-electron chi connectivity index (χ4n) is 3.06. The predicted molar refractivity (Wildman–Crippen MR) is 130 cm³/mol. The van der Waals surface area contributed by atoms with Crippen LogP contribution in [0.4, 0.5) is 11.4 Å². The molecule has 178 valence electrons. The average molecular weight is 504 g/mol. The number of nitrogens with zero attached hydrogens (tertiary/aromatic N) is 2. The van der Waals surface area contributed by atoms with E-state index in [1.54, 1.807) is 48.5 Å². The molecular weight excluding hydrogens is 482 g/mol. The molecule has 0 unspecified atom stereocenters. The number of nitro groups is 1. The zero-order chi connectivity index (χ0) is 24.7. The molecule has 0 spiro atoms. The number of ether oxygens (including phenoxy) is 1. The summed E-state index contributed by atoms with van der Waals surface area (Å²) in [4.78, 5) is 22.8. The number of nitrogens with one attached hydrogen (secondary N) is 1. The van der Waals surface area contributed by atoms with Crippen LogP contribution in [-0.4, -0.2) is 38.7 Å². The van der Waals surface area contributed by atoms with Crippen LogP contribution in [0.15, 0.2) is 72.8 Å². The molecule has 0 aromatic heterocycles. The Bertz CT molecular complexity index is 1260. The normalized spacial score (nSPS) is 11.0. The fourth-order valence-corrected chi connectivity index (χ4v) is 4.06. The number of hydrogen-bond donors (Lipinski definition) is 1. The first-order valence-corrected chi connectivity index (χ1v) is 12.3. The van der Waals surface area contributed by atoms with Gasteiger partial charge < -0.3 is 10.1 Å². The van der Waals surface area contributed by atoms with Crippen LogP contribution < -0.4 is 14.4 Å². The molecule has 0 saturated heterocycles. The number of rotatable bonds is 10. The zero-order valence-corrected chi connectivity index (χ0v) is 19.8. The van der Waals surface area contributed by atoms with Crippen molar-refractivity contribution < 1.29 is 22.9 Å². The Kier molecular flexibility index (Phi) is 8.08. The van der Waals surface area contributed by atoms with Crippen LogP contribution in [0.5, 0.6) is 5.75 Å². The van der Waals surface area contributed by atoms with Crippen molar-refractivity contribution in [2.45, 2.75) is 6.54 Å². The monoisotopic (exact) mass is 503 g/mol. The van der Waals surface area contributed by atoms with Crippen molar-refractivity contribution in [3.05, 3.63) is 99.1 Å². The molecule has 0 saturated carbocycles. The first kappa shape index (κ1) is 25.0. The standard InChI is InChI=1S/C23H22ClN3O6S/c1-34(31,32)26(20-3-2-4-21(15-20)27(29)30)16-17-5-7-18(8-6-17)23(28)25-13-14-33-22-11-9-19(24)10-12-22/h2-12,15H,13-14,16H2,1H3,(H,25,28). The highest BCUT2D eigenvalue weighted by molar-refractivity contribution is 7.92. The van der Waals surface area contributed by atoms with Crippen LogP contribution in [-0.2, 0) is 16.6 Å². The highest BCUT2D eigenvalue weighted by atomic mass is 35.5. The lowest BCUT2D eigenvalue weighted by molar-refractivity contribution is -0.384. The van der Waals surface area contributed by atoms with Gasteiger partial charge in [-0.2, -0.15) is 0 Å². The van der Waals surface area contributed by atoms with Crippen molar-refractivity contribution in [3.63, 3.8) is 0 Å². The Balaban J connectivity index is 1.60. The van der Waals surface area contributed by atoms with Gasteiger partial charge in [0.1, 0.15) is 12.4 Å². The maximum absolute atomic E-state index is 12.4. The number of hydrogen-bond acceptors (Lipinski definition) is 6. The maximum atomic E-state index is 12.4. The topological polar surface area (TPSA) is 119 Å². The number of non-ortho nitro benzene ring substituents is 1. The second-order valence-corrected chi connectivity index (χ2v) is 9.65. The molecule has 0 aliphatic rings. The van der Waals surface area contributed by atoms with Gasteiger partial charge in [0.2, 0.25) is 10.0 Å². The third kappa shape index (κ3) is 6.93. The number of sulfonamides is 1. The summed E-state index contributed by atoms with van der Waals surface area (Å²) in [6.45, 7) is 0.521. The van der Waals surface area contributed by atoms with Crippen molar-refractivity contribution in [1.29, 1.82) is 0 Å². The summed E-state index contributed by atoms with van der Waals surface area (Å²) in [5, 5.41) is 14.4. The van der Waals surface area contributed by atoms with E-state index in [0.29, 0.717) is 21.9 Å². The van der Waals surface area contributed by atoms with Gasteiger partial charge >= 0.3 is 0 Å². The highest BCUT2D eigenvalue weighted by Crippen LogP contribution is 2.25. The lowest BCUT2D eigenvalue weighted by Crippen LogP contribution is -2.29. The van der Waals surface area contributed by atoms with Gasteiger partial charge in [-0.05, 0) is 48.0 Å². The largest absolute Gasteiger partial charge is 0.492 e. The van der Waals surface area contributed by atoms with Crippen LogP contribution in [0.2, 0.25) is 5.02 Å². The molecule has 11 heteroatoms. The minimum Gasteiger partial charge on any atom is -0.492 e. The molecule has 9 nitrogen and oxygen atoms in total. The summed E-state index contributed by atoms with van der Waals surface area (Å²) in [5.41, 5.74) is 0.980. The smallest absolute Gasteiger partial charge is 0.271 e. The molecular formula is C23H22ClN3O6S. The molecule has 34 heavy (non-hydrogen) atoms. The lowest BCUT2D eigenvalue weighted by atomic mass is 10.1. The van der Waals surface area contributed by atoms with Gasteiger partial charge in [0.15, 0.2) is 0 Å². The Morgan fingerprint density at radius 1 is 1.09 bits per heavy atom. The van der Waals surface area contributed by atoms with E-state index in [1.165, 1.54) is 24.3 Å². The molecule has 3 rings (SSSR count). The van der Waals surface area contributed by atoms with Gasteiger partial charge in [0.05, 0.1) is 30.0 Å². The molecule has 1 N–H and O–H groups in total. The number of carbonyl (C=O) groups is 1. The molecule has 0 aliphatic heterocycles. The molecule has 0 radical (unpaired) electrons. The van der Waals surface area contributed by atoms with E-state index in [4.69, 9.17) is 16.3 Å². The van der Waals surface area contributed by atoms with Gasteiger partial charge in [0.25, 0.3) is 11.6 Å². The van der Waals surface area contributed by atoms with Crippen molar-refractivity contribution in [2.24, 2.45) is 0 Å². The zero-order valence-electron chi connectivity index (χ0n) is 18.2. The van der Waals surface area contributed by atoms with E-state index < -0.39 is 14.9 Å². The van der Waals surface area contributed by atoms with Crippen molar-refractivity contribution >= 4 is 38.9 Å². The minimum absolute atomic E-state index is 0.0448. The summed E-state index contributed by atoms with van der Waals surface area (Å²) in [7, 11) is -3.72. The SMILES string of the molecule is CS(=O)(=O)N(Cc1ccc(C(=O)NCCOc2ccc(Cl)cc2)cc1)c1cccc([N+](=O)[O-])c1. The summed E-state index contributed by atoms with van der Waals surface area (Å²) >= 11 is 5.82. The summed E-state index contributed by atoms with van der Waals surface area (Å²) < 4.78 is 31.3. The Morgan fingerprint density at radius 3 is 2.38 bits per heavy atom. The minimum atomic E-state index is -3.72. The van der Waals surface area contributed by atoms with Gasteiger partial charge in [-0.1, -0.05) is 29.8 Å². The van der Waals surface area contributed by atoms with E-state index in [-0.39, 0.29) is 37.0 Å². The third-order valence-electron chi connectivity index (χ3n) is 4.74. The number of amides is 1. The summed E-state index contributed by atoms with van der Waals surface area (Å²) in [5.74, 6) is 0.340. The Hall–Kier alpha value is -3.63. The second kappa shape index (κ2) is 11.0. The molecule has 0 bridgehead atoms. The van der Waals surface area contributed by atoms with E-state index in [1.807, 2.05) is 0 Å². The highest BCUT2D eigenvalue weighted by Gasteiger charge is 2.20. The van der Waals surface area contributed by atoms with E-state index in [9.17, 15) is 23.3 Å². The number of anilines is 1. The number of halogens is 1. The van der Waals surface area contributed by atoms with Crippen molar-refractivity contribution in [1.82, 2.24) is 5.32 Å². The van der Waals surface area contributed by atoms with E-state index in [0.717, 1.165) is 10.6 Å². The van der Waals surface area contributed by atoms with Crippen LogP contribution in [0.25, 0.3) is 0 Å². The molecule has 3 aromatic rings. The summed E-state index contributed by atoms with van der Waals surface area (Å²) in [6, 6.07) is 18.7. The third-order valence-corrected chi connectivity index (χ3v) is 6.13.